The molecule has 0 aromatic rings. The Labute approximate surface area is 58.0 Å². The van der Waals surface area contributed by atoms with E-state index >= 15 is 0 Å². The maximum absolute atomic E-state index is 3.36. The van der Waals surface area contributed by atoms with Crippen molar-refractivity contribution < 1.29 is 0 Å². The Morgan fingerprint density at radius 2 is 2.56 bits per heavy atom. The first kappa shape index (κ1) is 7.10. The first-order valence-corrected chi connectivity index (χ1v) is 3.79. The second-order valence-corrected chi connectivity index (χ2v) is 2.68. The lowest BCUT2D eigenvalue weighted by atomic mass is 10.1. The van der Waals surface area contributed by atoms with Crippen LogP contribution in [0.1, 0.15) is 6.92 Å². The monoisotopic (exact) mass is 126 g/mol. The van der Waals surface area contributed by atoms with Crippen molar-refractivity contribution in [1.29, 1.82) is 0 Å². The molecule has 52 valence electrons. The average molecular weight is 126 g/mol. The summed E-state index contributed by atoms with van der Waals surface area (Å²) in [4.78, 5) is 2.50. The maximum Gasteiger partial charge on any atom is 0.119 e. The SMILES string of the molecule is BCN1CCNC[C@H]1C. The zero-order valence-corrected chi connectivity index (χ0v) is 6.35. The molecule has 1 fully saturated rings. The molecule has 1 aliphatic rings. The minimum Gasteiger partial charge on any atom is -0.314 e. The average Bonchev–Trinajstić information content (AvgIpc) is 1.89. The summed E-state index contributed by atoms with van der Waals surface area (Å²) in [5.41, 5.74) is 0. The molecule has 2 nitrogen and oxygen atoms in total. The molecule has 1 saturated heterocycles. The van der Waals surface area contributed by atoms with Crippen LogP contribution in [-0.2, 0) is 0 Å². The highest BCUT2D eigenvalue weighted by molar-refractivity contribution is 6.08. The van der Waals surface area contributed by atoms with Gasteiger partial charge in [-0.1, -0.05) is 0 Å². The molecule has 0 bridgehead atoms. The molecule has 0 aromatic carbocycles. The van der Waals surface area contributed by atoms with Crippen LogP contribution in [0.4, 0.5) is 0 Å². The van der Waals surface area contributed by atoms with Crippen molar-refractivity contribution in [3.05, 3.63) is 0 Å². The van der Waals surface area contributed by atoms with Crippen LogP contribution < -0.4 is 5.32 Å². The molecular weight excluding hydrogens is 111 g/mol. The largest absolute Gasteiger partial charge is 0.314 e. The van der Waals surface area contributed by atoms with Gasteiger partial charge in [-0.2, -0.15) is 0 Å². The number of rotatable bonds is 1. The molecule has 1 N–H and O–H groups in total. The Kier molecular flexibility index (Phi) is 2.55. The Morgan fingerprint density at radius 3 is 3.00 bits per heavy atom. The number of piperazine rings is 1. The predicted octanol–water partition coefficient (Wildman–Crippen LogP) is -1.13. The number of hydrogen-bond donors (Lipinski definition) is 1. The zero-order chi connectivity index (χ0) is 6.69. The van der Waals surface area contributed by atoms with Gasteiger partial charge in [0.05, 0.1) is 0 Å². The van der Waals surface area contributed by atoms with Gasteiger partial charge in [-0.05, 0) is 13.4 Å². The minimum atomic E-state index is 0.740. The molecule has 1 atom stereocenters. The second-order valence-electron chi connectivity index (χ2n) is 2.68. The summed E-state index contributed by atoms with van der Waals surface area (Å²) in [7, 11) is 2.22. The fourth-order valence-electron chi connectivity index (χ4n) is 1.35. The van der Waals surface area contributed by atoms with Crippen molar-refractivity contribution in [2.24, 2.45) is 0 Å². The second kappa shape index (κ2) is 3.23. The van der Waals surface area contributed by atoms with Crippen LogP contribution in [0.3, 0.4) is 0 Å². The lowest BCUT2D eigenvalue weighted by Gasteiger charge is -2.32. The molecule has 0 saturated carbocycles. The summed E-state index contributed by atoms with van der Waals surface area (Å²) in [6.45, 7) is 5.82. The van der Waals surface area contributed by atoms with Gasteiger partial charge < -0.3 is 10.2 Å². The quantitative estimate of drug-likeness (QED) is 0.447. The third-order valence-electron chi connectivity index (χ3n) is 2.05. The van der Waals surface area contributed by atoms with Crippen molar-refractivity contribution in [1.82, 2.24) is 10.2 Å². The normalized spacial score (nSPS) is 30.6. The van der Waals surface area contributed by atoms with E-state index in [1.54, 1.807) is 0 Å². The molecule has 0 radical (unpaired) electrons. The van der Waals surface area contributed by atoms with Crippen LogP contribution in [0.15, 0.2) is 0 Å². The minimum absolute atomic E-state index is 0.740. The van der Waals surface area contributed by atoms with Crippen LogP contribution in [0.2, 0.25) is 0 Å². The Hall–Kier alpha value is -0.0151. The number of nitrogens with one attached hydrogen (secondary N) is 1. The van der Waals surface area contributed by atoms with E-state index in [1.165, 1.54) is 13.0 Å². The summed E-state index contributed by atoms with van der Waals surface area (Å²) in [5.74, 6) is 0. The van der Waals surface area contributed by atoms with E-state index in [-0.39, 0.29) is 0 Å². The standard InChI is InChI=1S/C6H15BN2/c1-6-4-8-2-3-9(6)5-7/h6,8H,2-5,7H2,1H3/t6-/m1/s1. The zero-order valence-electron chi connectivity index (χ0n) is 6.35. The summed E-state index contributed by atoms with van der Waals surface area (Å²) >= 11 is 0. The molecule has 3 heteroatoms. The molecule has 1 aliphatic heterocycles. The van der Waals surface area contributed by atoms with E-state index in [4.69, 9.17) is 0 Å². The molecule has 0 unspecified atom stereocenters. The summed E-state index contributed by atoms with van der Waals surface area (Å²) < 4.78 is 0. The van der Waals surface area contributed by atoms with Gasteiger partial charge in [0.2, 0.25) is 0 Å². The van der Waals surface area contributed by atoms with Gasteiger partial charge in [0.25, 0.3) is 0 Å². The van der Waals surface area contributed by atoms with Gasteiger partial charge in [0, 0.05) is 25.7 Å². The fraction of sp³-hybridized carbons (Fsp3) is 1.00. The first-order chi connectivity index (χ1) is 4.34. The lowest BCUT2D eigenvalue weighted by Crippen LogP contribution is -2.49. The van der Waals surface area contributed by atoms with Crippen LogP contribution in [0, 0.1) is 0 Å². The third-order valence-corrected chi connectivity index (χ3v) is 2.05. The molecular formula is C6H15BN2. The third kappa shape index (κ3) is 1.70. The number of nitrogens with zero attached hydrogens (tertiary/aromatic N) is 1. The van der Waals surface area contributed by atoms with E-state index in [0.717, 1.165) is 19.1 Å². The topological polar surface area (TPSA) is 15.3 Å². The van der Waals surface area contributed by atoms with E-state index in [0.29, 0.717) is 0 Å². The molecule has 0 spiro atoms. The van der Waals surface area contributed by atoms with Gasteiger partial charge in [-0.15, -0.1) is 0 Å². The fourth-order valence-corrected chi connectivity index (χ4v) is 1.35. The van der Waals surface area contributed by atoms with Crippen molar-refractivity contribution in [3.8, 4) is 0 Å². The summed E-state index contributed by atoms with van der Waals surface area (Å²) in [6, 6.07) is 0.740. The highest BCUT2D eigenvalue weighted by Crippen LogP contribution is 1.98. The van der Waals surface area contributed by atoms with Gasteiger partial charge in [-0.3, -0.25) is 0 Å². The van der Waals surface area contributed by atoms with E-state index in [2.05, 4.69) is 25.0 Å². The van der Waals surface area contributed by atoms with Gasteiger partial charge in [0.1, 0.15) is 7.85 Å². The number of hydrogen-bond acceptors (Lipinski definition) is 2. The van der Waals surface area contributed by atoms with Crippen molar-refractivity contribution in [2.75, 3.05) is 26.1 Å². The highest BCUT2D eigenvalue weighted by atomic mass is 15.2. The molecule has 1 heterocycles. The van der Waals surface area contributed by atoms with Crippen LogP contribution in [0.25, 0.3) is 0 Å². The van der Waals surface area contributed by atoms with Crippen molar-refractivity contribution in [2.45, 2.75) is 13.0 Å². The maximum atomic E-state index is 3.36. The van der Waals surface area contributed by atoms with Crippen molar-refractivity contribution in [3.63, 3.8) is 0 Å². The first-order valence-electron chi connectivity index (χ1n) is 3.79. The Balaban J connectivity index is 2.30. The van der Waals surface area contributed by atoms with Crippen molar-refractivity contribution >= 4 is 7.85 Å². The van der Waals surface area contributed by atoms with Gasteiger partial charge >= 0.3 is 0 Å². The van der Waals surface area contributed by atoms with Crippen LogP contribution in [-0.4, -0.2) is 44.9 Å². The Bertz CT molecular complexity index is 87.1. The van der Waals surface area contributed by atoms with E-state index in [1.807, 2.05) is 0 Å². The van der Waals surface area contributed by atoms with Crippen LogP contribution >= 0.6 is 0 Å². The molecule has 0 aromatic heterocycles. The lowest BCUT2D eigenvalue weighted by molar-refractivity contribution is 0.203. The summed E-state index contributed by atoms with van der Waals surface area (Å²) in [5, 5.41) is 3.36. The Morgan fingerprint density at radius 1 is 1.78 bits per heavy atom. The van der Waals surface area contributed by atoms with Crippen LogP contribution in [0.5, 0.6) is 0 Å². The molecule has 0 amide bonds. The smallest absolute Gasteiger partial charge is 0.119 e. The van der Waals surface area contributed by atoms with E-state index in [9.17, 15) is 0 Å². The van der Waals surface area contributed by atoms with Gasteiger partial charge in [0.15, 0.2) is 0 Å². The molecule has 0 aliphatic carbocycles. The highest BCUT2D eigenvalue weighted by Gasteiger charge is 2.14. The summed E-state index contributed by atoms with van der Waals surface area (Å²) in [6.07, 6.45) is 1.20. The predicted molar refractivity (Wildman–Crippen MR) is 42.4 cm³/mol. The van der Waals surface area contributed by atoms with Gasteiger partial charge in [-0.25, -0.2) is 0 Å². The van der Waals surface area contributed by atoms with E-state index < -0.39 is 0 Å². The molecule has 9 heavy (non-hydrogen) atoms. The molecule has 1 rings (SSSR count).